The fourth-order valence-corrected chi connectivity index (χ4v) is 2.65. The molecule has 1 rings (SSSR count). The average Bonchev–Trinajstić information content (AvgIpc) is 2.61. The number of hydrogen-bond acceptors (Lipinski definition) is 3. The third-order valence-electron chi connectivity index (χ3n) is 3.37. The number of hydrogen-bond donors (Lipinski definition) is 2. The Balaban J connectivity index is 2.57. The molecule has 2 unspecified atom stereocenters. The average molecular weight is 200 g/mol. The first-order valence-corrected chi connectivity index (χ1v) is 5.77. The maximum Gasteiger partial charge on any atom is 0.0558 e. The van der Waals surface area contributed by atoms with Crippen molar-refractivity contribution < 1.29 is 5.11 Å². The first-order valence-electron chi connectivity index (χ1n) is 5.77. The largest absolute Gasteiger partial charge is 0.395 e. The third-order valence-corrected chi connectivity index (χ3v) is 3.37. The van der Waals surface area contributed by atoms with Gasteiger partial charge in [-0.1, -0.05) is 6.42 Å². The summed E-state index contributed by atoms with van der Waals surface area (Å²) in [5.41, 5.74) is 5.77. The van der Waals surface area contributed by atoms with Crippen molar-refractivity contribution in [2.75, 3.05) is 19.7 Å². The van der Waals surface area contributed by atoms with Crippen LogP contribution in [0.1, 0.15) is 33.1 Å². The van der Waals surface area contributed by atoms with Gasteiger partial charge in [0.05, 0.1) is 6.61 Å². The van der Waals surface area contributed by atoms with E-state index < -0.39 is 0 Å². The van der Waals surface area contributed by atoms with E-state index >= 15 is 0 Å². The summed E-state index contributed by atoms with van der Waals surface area (Å²) in [5, 5.41) is 9.03. The van der Waals surface area contributed by atoms with E-state index in [0.29, 0.717) is 18.0 Å². The summed E-state index contributed by atoms with van der Waals surface area (Å²) in [6.45, 7) is 6.23. The summed E-state index contributed by atoms with van der Waals surface area (Å²) < 4.78 is 0. The second-order valence-electron chi connectivity index (χ2n) is 4.55. The van der Waals surface area contributed by atoms with Gasteiger partial charge in [-0.15, -0.1) is 0 Å². The predicted octanol–water partition coefficient (Wildman–Crippen LogP) is 0.816. The zero-order chi connectivity index (χ0) is 10.6. The van der Waals surface area contributed by atoms with Crippen molar-refractivity contribution >= 4 is 0 Å². The summed E-state index contributed by atoms with van der Waals surface area (Å²) in [6, 6.07) is 1.12. The number of nitrogens with zero attached hydrogens (tertiary/aromatic N) is 1. The van der Waals surface area contributed by atoms with Crippen molar-refractivity contribution in [2.24, 2.45) is 11.7 Å². The molecule has 0 aromatic heterocycles. The van der Waals surface area contributed by atoms with E-state index in [9.17, 15) is 0 Å². The highest BCUT2D eigenvalue weighted by molar-refractivity contribution is 4.87. The van der Waals surface area contributed by atoms with E-state index in [1.807, 2.05) is 0 Å². The normalized spacial score (nSPS) is 27.9. The quantitative estimate of drug-likeness (QED) is 0.690. The van der Waals surface area contributed by atoms with E-state index in [4.69, 9.17) is 10.8 Å². The van der Waals surface area contributed by atoms with Crippen molar-refractivity contribution in [2.45, 2.75) is 45.2 Å². The molecule has 0 aromatic rings. The fourth-order valence-electron chi connectivity index (χ4n) is 2.65. The lowest BCUT2D eigenvalue weighted by molar-refractivity contribution is 0.0973. The number of aliphatic hydroxyl groups is 1. The molecule has 1 fully saturated rings. The molecule has 3 heteroatoms. The van der Waals surface area contributed by atoms with Gasteiger partial charge in [0.2, 0.25) is 0 Å². The van der Waals surface area contributed by atoms with Gasteiger partial charge in [-0.25, -0.2) is 0 Å². The van der Waals surface area contributed by atoms with E-state index in [1.54, 1.807) is 0 Å². The van der Waals surface area contributed by atoms with Crippen LogP contribution in [0.4, 0.5) is 0 Å². The first-order chi connectivity index (χ1) is 6.70. The molecule has 1 saturated carbocycles. The van der Waals surface area contributed by atoms with E-state index in [1.165, 1.54) is 19.3 Å². The molecule has 0 spiro atoms. The van der Waals surface area contributed by atoms with E-state index in [0.717, 1.165) is 13.1 Å². The minimum Gasteiger partial charge on any atom is -0.395 e. The van der Waals surface area contributed by atoms with Crippen LogP contribution in [0.25, 0.3) is 0 Å². The summed E-state index contributed by atoms with van der Waals surface area (Å²) in [7, 11) is 0. The molecule has 1 aliphatic carbocycles. The molecule has 0 aromatic carbocycles. The van der Waals surface area contributed by atoms with Crippen LogP contribution in [0.2, 0.25) is 0 Å². The summed E-state index contributed by atoms with van der Waals surface area (Å²) >= 11 is 0. The number of nitrogens with two attached hydrogens (primary N) is 1. The van der Waals surface area contributed by atoms with Crippen LogP contribution in [0, 0.1) is 5.92 Å². The lowest BCUT2D eigenvalue weighted by atomic mass is 10.0. The Kier molecular flexibility index (Phi) is 4.85. The summed E-state index contributed by atoms with van der Waals surface area (Å²) in [5.74, 6) is 0.643. The smallest absolute Gasteiger partial charge is 0.0558 e. The molecule has 3 nitrogen and oxygen atoms in total. The van der Waals surface area contributed by atoms with Gasteiger partial charge in [0.1, 0.15) is 0 Å². The van der Waals surface area contributed by atoms with Crippen LogP contribution in [-0.2, 0) is 0 Å². The maximum atomic E-state index is 9.03. The van der Waals surface area contributed by atoms with Crippen molar-refractivity contribution in [1.82, 2.24) is 4.90 Å². The Morgan fingerprint density at radius 2 is 2.14 bits per heavy atom. The SMILES string of the molecule is CC(C)N(CCO)C1CCCC1CN. The zero-order valence-corrected chi connectivity index (χ0v) is 9.45. The fraction of sp³-hybridized carbons (Fsp3) is 1.00. The van der Waals surface area contributed by atoms with Gasteiger partial charge < -0.3 is 10.8 Å². The van der Waals surface area contributed by atoms with Crippen molar-refractivity contribution in [3.8, 4) is 0 Å². The van der Waals surface area contributed by atoms with E-state index in [-0.39, 0.29) is 6.61 Å². The molecule has 1 aliphatic rings. The Labute approximate surface area is 87.3 Å². The van der Waals surface area contributed by atoms with Gasteiger partial charge in [-0.3, -0.25) is 4.90 Å². The number of rotatable bonds is 5. The lowest BCUT2D eigenvalue weighted by Gasteiger charge is -2.35. The second-order valence-corrected chi connectivity index (χ2v) is 4.55. The first kappa shape index (κ1) is 12.0. The third kappa shape index (κ3) is 2.69. The minimum atomic E-state index is 0.256. The van der Waals surface area contributed by atoms with Crippen molar-refractivity contribution in [3.05, 3.63) is 0 Å². The monoisotopic (exact) mass is 200 g/mol. The van der Waals surface area contributed by atoms with Gasteiger partial charge in [0, 0.05) is 18.6 Å². The van der Waals surface area contributed by atoms with Gasteiger partial charge in [0.15, 0.2) is 0 Å². The Morgan fingerprint density at radius 1 is 1.43 bits per heavy atom. The zero-order valence-electron chi connectivity index (χ0n) is 9.45. The Bertz CT molecular complexity index is 161. The van der Waals surface area contributed by atoms with Crippen LogP contribution in [-0.4, -0.2) is 41.8 Å². The molecule has 0 radical (unpaired) electrons. The van der Waals surface area contributed by atoms with Crippen LogP contribution in [0.15, 0.2) is 0 Å². The highest BCUT2D eigenvalue weighted by atomic mass is 16.3. The molecule has 3 N–H and O–H groups in total. The molecule has 0 aliphatic heterocycles. The molecule has 2 atom stereocenters. The highest BCUT2D eigenvalue weighted by Crippen LogP contribution is 2.30. The molecule has 0 heterocycles. The number of aliphatic hydroxyl groups excluding tert-OH is 1. The van der Waals surface area contributed by atoms with Crippen LogP contribution < -0.4 is 5.73 Å². The van der Waals surface area contributed by atoms with Crippen LogP contribution >= 0.6 is 0 Å². The van der Waals surface area contributed by atoms with Crippen LogP contribution in [0.3, 0.4) is 0 Å². The Hall–Kier alpha value is -0.120. The molecule has 0 bridgehead atoms. The molecular weight excluding hydrogens is 176 g/mol. The highest BCUT2D eigenvalue weighted by Gasteiger charge is 2.31. The Morgan fingerprint density at radius 3 is 2.64 bits per heavy atom. The second kappa shape index (κ2) is 5.69. The molecular formula is C11H24N2O. The van der Waals surface area contributed by atoms with Gasteiger partial charge >= 0.3 is 0 Å². The van der Waals surface area contributed by atoms with E-state index in [2.05, 4.69) is 18.7 Å². The molecule has 0 saturated heterocycles. The lowest BCUT2D eigenvalue weighted by Crippen LogP contribution is -2.45. The standard InChI is InChI=1S/C11H24N2O/c1-9(2)13(6-7-14)11-5-3-4-10(11)8-12/h9-11,14H,3-8,12H2,1-2H3. The predicted molar refractivity (Wildman–Crippen MR) is 59.1 cm³/mol. The van der Waals surface area contributed by atoms with Gasteiger partial charge in [-0.05, 0) is 39.2 Å². The molecule has 14 heavy (non-hydrogen) atoms. The van der Waals surface area contributed by atoms with Crippen molar-refractivity contribution in [1.29, 1.82) is 0 Å². The van der Waals surface area contributed by atoms with Crippen LogP contribution in [0.5, 0.6) is 0 Å². The van der Waals surface area contributed by atoms with Gasteiger partial charge in [-0.2, -0.15) is 0 Å². The summed E-state index contributed by atoms with van der Waals surface area (Å²) in [4.78, 5) is 2.41. The topological polar surface area (TPSA) is 49.5 Å². The minimum absolute atomic E-state index is 0.256. The maximum absolute atomic E-state index is 9.03. The summed E-state index contributed by atoms with van der Waals surface area (Å²) in [6.07, 6.45) is 3.80. The van der Waals surface area contributed by atoms with Crippen molar-refractivity contribution in [3.63, 3.8) is 0 Å². The molecule has 0 amide bonds. The molecule has 84 valence electrons. The van der Waals surface area contributed by atoms with Gasteiger partial charge in [0.25, 0.3) is 0 Å².